The first kappa shape index (κ1) is 13.5. The fourth-order valence-corrected chi connectivity index (χ4v) is 2.33. The Morgan fingerprint density at radius 2 is 1.90 bits per heavy atom. The normalized spacial score (nSPS) is 11.0. The maximum absolute atomic E-state index is 4.38. The summed E-state index contributed by atoms with van der Waals surface area (Å²) < 4.78 is 0. The molecule has 3 rings (SSSR count). The molecule has 106 valence electrons. The molecule has 1 N–H and O–H groups in total. The monoisotopic (exact) mass is 278 g/mol. The van der Waals surface area contributed by atoms with Gasteiger partial charge in [-0.15, -0.1) is 0 Å². The summed E-state index contributed by atoms with van der Waals surface area (Å²) in [5, 5.41) is 7.49. The van der Waals surface area contributed by atoms with Gasteiger partial charge in [-0.25, -0.2) is 0 Å². The average Bonchev–Trinajstić information content (AvgIpc) is 2.98. The van der Waals surface area contributed by atoms with Gasteiger partial charge in [-0.05, 0) is 49.5 Å². The maximum Gasteiger partial charge on any atom is 0.0942 e. The van der Waals surface area contributed by atoms with E-state index in [2.05, 4.69) is 64.5 Å². The van der Waals surface area contributed by atoms with Crippen molar-refractivity contribution in [2.24, 2.45) is 0 Å². The number of pyridine rings is 1. The molecule has 3 aromatic rings. The number of benzene rings is 1. The minimum absolute atomic E-state index is 0.913. The van der Waals surface area contributed by atoms with Crippen LogP contribution in [0.15, 0.2) is 54.9 Å². The van der Waals surface area contributed by atoms with E-state index in [0.717, 1.165) is 29.1 Å². The van der Waals surface area contributed by atoms with Crippen LogP contribution < -0.4 is 0 Å². The minimum atomic E-state index is 0.913. The van der Waals surface area contributed by atoms with E-state index in [1.54, 1.807) is 6.20 Å². The standard InChI is InChI=1S/C17H18N4/c1-21(2)12-13-5-3-6-14(9-13)16-10-17(20-19-16)15-7-4-8-18-11-15/h3-11H,12H2,1-2H3,(H,19,20). The molecule has 0 spiro atoms. The van der Waals surface area contributed by atoms with Gasteiger partial charge in [-0.2, -0.15) is 5.10 Å². The number of aromatic amines is 1. The highest BCUT2D eigenvalue weighted by Crippen LogP contribution is 2.24. The molecule has 2 heterocycles. The Balaban J connectivity index is 1.90. The Hall–Kier alpha value is -2.46. The zero-order chi connectivity index (χ0) is 14.7. The van der Waals surface area contributed by atoms with Gasteiger partial charge in [0.15, 0.2) is 0 Å². The third-order valence-corrected chi connectivity index (χ3v) is 3.27. The first-order chi connectivity index (χ1) is 10.2. The molecule has 4 heteroatoms. The maximum atomic E-state index is 4.38. The summed E-state index contributed by atoms with van der Waals surface area (Å²) >= 11 is 0. The predicted molar refractivity (Wildman–Crippen MR) is 84.6 cm³/mol. The van der Waals surface area contributed by atoms with Crippen molar-refractivity contribution in [2.75, 3.05) is 14.1 Å². The molecule has 0 aliphatic carbocycles. The van der Waals surface area contributed by atoms with Crippen LogP contribution >= 0.6 is 0 Å². The number of aromatic nitrogens is 3. The third-order valence-electron chi connectivity index (χ3n) is 3.27. The van der Waals surface area contributed by atoms with Crippen LogP contribution in [0.2, 0.25) is 0 Å². The lowest BCUT2D eigenvalue weighted by Gasteiger charge is -2.10. The van der Waals surface area contributed by atoms with Crippen LogP contribution in [0, 0.1) is 0 Å². The predicted octanol–water partition coefficient (Wildman–Crippen LogP) is 3.20. The summed E-state index contributed by atoms with van der Waals surface area (Å²) in [4.78, 5) is 6.29. The Morgan fingerprint density at radius 1 is 1.05 bits per heavy atom. The van der Waals surface area contributed by atoms with Crippen LogP contribution in [0.4, 0.5) is 0 Å². The minimum Gasteiger partial charge on any atom is -0.305 e. The van der Waals surface area contributed by atoms with E-state index in [9.17, 15) is 0 Å². The Kier molecular flexibility index (Phi) is 3.79. The average molecular weight is 278 g/mol. The van der Waals surface area contributed by atoms with Gasteiger partial charge >= 0.3 is 0 Å². The second-order valence-corrected chi connectivity index (χ2v) is 5.35. The van der Waals surface area contributed by atoms with E-state index in [4.69, 9.17) is 0 Å². The molecule has 0 fully saturated rings. The molecular formula is C17H18N4. The van der Waals surface area contributed by atoms with Crippen molar-refractivity contribution >= 4 is 0 Å². The summed E-state index contributed by atoms with van der Waals surface area (Å²) in [5.41, 5.74) is 5.39. The first-order valence-corrected chi connectivity index (χ1v) is 6.92. The van der Waals surface area contributed by atoms with E-state index < -0.39 is 0 Å². The van der Waals surface area contributed by atoms with Gasteiger partial charge < -0.3 is 4.90 Å². The number of hydrogen-bond acceptors (Lipinski definition) is 3. The highest BCUT2D eigenvalue weighted by molar-refractivity contribution is 5.67. The summed E-state index contributed by atoms with van der Waals surface area (Å²) in [6, 6.07) is 14.5. The van der Waals surface area contributed by atoms with Crippen LogP contribution in [0.1, 0.15) is 5.56 Å². The second kappa shape index (κ2) is 5.89. The first-order valence-electron chi connectivity index (χ1n) is 6.92. The Morgan fingerprint density at radius 3 is 2.67 bits per heavy atom. The highest BCUT2D eigenvalue weighted by atomic mass is 15.1. The quantitative estimate of drug-likeness (QED) is 0.797. The number of nitrogens with one attached hydrogen (secondary N) is 1. The molecule has 0 saturated carbocycles. The van der Waals surface area contributed by atoms with Gasteiger partial charge in [0.05, 0.1) is 11.4 Å². The summed E-state index contributed by atoms with van der Waals surface area (Å²) in [5.74, 6) is 0. The zero-order valence-corrected chi connectivity index (χ0v) is 12.2. The van der Waals surface area contributed by atoms with Crippen molar-refractivity contribution < 1.29 is 0 Å². The highest BCUT2D eigenvalue weighted by Gasteiger charge is 2.06. The third kappa shape index (κ3) is 3.17. The molecule has 0 amide bonds. The smallest absolute Gasteiger partial charge is 0.0942 e. The Bertz CT molecular complexity index is 716. The van der Waals surface area contributed by atoms with E-state index in [1.807, 2.05) is 18.3 Å². The van der Waals surface area contributed by atoms with E-state index in [1.165, 1.54) is 5.56 Å². The topological polar surface area (TPSA) is 44.8 Å². The molecule has 0 aliphatic rings. The van der Waals surface area contributed by atoms with Crippen LogP contribution in [0.25, 0.3) is 22.5 Å². The molecule has 0 radical (unpaired) electrons. The van der Waals surface area contributed by atoms with Gasteiger partial charge in [-0.1, -0.05) is 18.2 Å². The Labute approximate surface area is 124 Å². The number of nitrogens with zero attached hydrogens (tertiary/aromatic N) is 3. The van der Waals surface area contributed by atoms with E-state index in [-0.39, 0.29) is 0 Å². The lowest BCUT2D eigenvalue weighted by molar-refractivity contribution is 0.402. The molecule has 0 unspecified atom stereocenters. The van der Waals surface area contributed by atoms with Crippen LogP contribution in [0.5, 0.6) is 0 Å². The van der Waals surface area contributed by atoms with Crippen LogP contribution in [0.3, 0.4) is 0 Å². The SMILES string of the molecule is CN(C)Cc1cccc(-c2cc(-c3cccnc3)n[nH]2)c1. The summed E-state index contributed by atoms with van der Waals surface area (Å²) in [7, 11) is 4.15. The molecular weight excluding hydrogens is 260 g/mol. The molecule has 0 saturated heterocycles. The number of H-pyrrole nitrogens is 1. The molecule has 4 nitrogen and oxygen atoms in total. The molecule has 2 aromatic heterocycles. The van der Waals surface area contributed by atoms with E-state index in [0.29, 0.717) is 0 Å². The molecule has 0 aliphatic heterocycles. The molecule has 0 bridgehead atoms. The molecule has 1 aromatic carbocycles. The lowest BCUT2D eigenvalue weighted by atomic mass is 10.1. The van der Waals surface area contributed by atoms with Crippen molar-refractivity contribution in [3.05, 3.63) is 60.4 Å². The van der Waals surface area contributed by atoms with Crippen LogP contribution in [-0.4, -0.2) is 34.2 Å². The molecule has 0 atom stereocenters. The van der Waals surface area contributed by atoms with Crippen molar-refractivity contribution in [2.45, 2.75) is 6.54 Å². The van der Waals surface area contributed by atoms with Crippen molar-refractivity contribution in [3.63, 3.8) is 0 Å². The van der Waals surface area contributed by atoms with E-state index >= 15 is 0 Å². The van der Waals surface area contributed by atoms with Crippen LogP contribution in [-0.2, 0) is 6.54 Å². The lowest BCUT2D eigenvalue weighted by Crippen LogP contribution is -2.10. The fraction of sp³-hybridized carbons (Fsp3) is 0.176. The number of rotatable bonds is 4. The van der Waals surface area contributed by atoms with Crippen molar-refractivity contribution in [1.82, 2.24) is 20.1 Å². The van der Waals surface area contributed by atoms with Gasteiger partial charge in [0.25, 0.3) is 0 Å². The van der Waals surface area contributed by atoms with Gasteiger partial charge in [0, 0.05) is 24.5 Å². The molecule has 21 heavy (non-hydrogen) atoms. The van der Waals surface area contributed by atoms with Gasteiger partial charge in [0.1, 0.15) is 0 Å². The van der Waals surface area contributed by atoms with Gasteiger partial charge in [0.2, 0.25) is 0 Å². The van der Waals surface area contributed by atoms with Crippen molar-refractivity contribution in [1.29, 1.82) is 0 Å². The fourth-order valence-electron chi connectivity index (χ4n) is 2.33. The largest absolute Gasteiger partial charge is 0.305 e. The summed E-state index contributed by atoms with van der Waals surface area (Å²) in [6.07, 6.45) is 3.59. The van der Waals surface area contributed by atoms with Gasteiger partial charge in [-0.3, -0.25) is 10.1 Å². The van der Waals surface area contributed by atoms with Crippen molar-refractivity contribution in [3.8, 4) is 22.5 Å². The zero-order valence-electron chi connectivity index (χ0n) is 12.2. The summed E-state index contributed by atoms with van der Waals surface area (Å²) in [6.45, 7) is 0.928. The number of hydrogen-bond donors (Lipinski definition) is 1. The second-order valence-electron chi connectivity index (χ2n) is 5.35.